The molecule has 0 amide bonds. The van der Waals surface area contributed by atoms with Crippen LogP contribution in [-0.4, -0.2) is 29.5 Å². The summed E-state index contributed by atoms with van der Waals surface area (Å²) in [5.74, 6) is 0. The second-order valence-corrected chi connectivity index (χ2v) is 3.54. The van der Waals surface area contributed by atoms with Crippen molar-refractivity contribution in [2.75, 3.05) is 0 Å². The average Bonchev–Trinajstić information content (AvgIpc) is 2.67. The molecule has 0 atom stereocenters. The summed E-state index contributed by atoms with van der Waals surface area (Å²) >= 11 is 0. The van der Waals surface area contributed by atoms with Gasteiger partial charge < -0.3 is 0 Å². The minimum atomic E-state index is -1.03. The molecule has 2 heterocycles. The predicted molar refractivity (Wildman–Crippen MR) is 58.1 cm³/mol. The molecule has 0 spiro atoms. The molecule has 0 radical (unpaired) electrons. The highest BCUT2D eigenvalue weighted by Gasteiger charge is 2.15. The van der Waals surface area contributed by atoms with Gasteiger partial charge in [-0.3, -0.25) is 29.1 Å². The number of H-pyrrole nitrogens is 1. The number of aryl methyl sites for hydroxylation is 1. The SMILES string of the molecule is Cn1cc(Cn2cc([N+](=O)[O-])c(=O)[nH]c2=O)nn1. The zero-order valence-corrected chi connectivity index (χ0v) is 9.23. The van der Waals surface area contributed by atoms with Crippen molar-refractivity contribution in [1.29, 1.82) is 0 Å². The normalized spacial score (nSPS) is 10.5. The Morgan fingerprint density at radius 1 is 1.44 bits per heavy atom. The molecule has 0 aliphatic carbocycles. The molecule has 0 saturated heterocycles. The number of nitro groups is 1. The Bertz CT molecular complexity index is 711. The van der Waals surface area contributed by atoms with E-state index in [2.05, 4.69) is 10.3 Å². The molecule has 18 heavy (non-hydrogen) atoms. The third-order valence-electron chi connectivity index (χ3n) is 2.17. The molecule has 10 heteroatoms. The van der Waals surface area contributed by atoms with Crippen LogP contribution in [0.3, 0.4) is 0 Å². The molecule has 1 N–H and O–H groups in total. The summed E-state index contributed by atoms with van der Waals surface area (Å²) in [6.45, 7) is -0.00963. The quantitative estimate of drug-likeness (QED) is 0.529. The average molecular weight is 252 g/mol. The van der Waals surface area contributed by atoms with Crippen molar-refractivity contribution in [2.45, 2.75) is 6.54 Å². The van der Waals surface area contributed by atoms with Gasteiger partial charge in [-0.25, -0.2) is 4.79 Å². The smallest absolute Gasteiger partial charge is 0.288 e. The third kappa shape index (κ3) is 2.16. The fraction of sp³-hybridized carbons (Fsp3) is 0.250. The van der Waals surface area contributed by atoms with Crippen LogP contribution in [0.5, 0.6) is 0 Å². The van der Waals surface area contributed by atoms with Gasteiger partial charge in [0.2, 0.25) is 0 Å². The van der Waals surface area contributed by atoms with Crippen LogP contribution in [0.2, 0.25) is 0 Å². The molecule has 10 nitrogen and oxygen atoms in total. The Morgan fingerprint density at radius 3 is 2.72 bits per heavy atom. The van der Waals surface area contributed by atoms with Crippen LogP contribution in [0.15, 0.2) is 22.0 Å². The standard InChI is InChI=1S/C8H8N6O4/c1-12-2-5(10-11-12)3-13-4-6(14(17)18)7(15)9-8(13)16/h2,4H,3H2,1H3,(H,9,15,16). The lowest BCUT2D eigenvalue weighted by molar-refractivity contribution is -0.386. The molecule has 0 unspecified atom stereocenters. The fourth-order valence-corrected chi connectivity index (χ4v) is 1.39. The predicted octanol–water partition coefficient (Wildman–Crippen LogP) is -1.38. The molecule has 0 bridgehead atoms. The molecule has 0 aliphatic rings. The minimum Gasteiger partial charge on any atom is -0.288 e. The topological polar surface area (TPSA) is 129 Å². The summed E-state index contributed by atoms with van der Waals surface area (Å²) in [4.78, 5) is 34.2. The number of nitrogens with zero attached hydrogens (tertiary/aromatic N) is 5. The van der Waals surface area contributed by atoms with Gasteiger partial charge in [-0.05, 0) is 0 Å². The number of hydrogen-bond donors (Lipinski definition) is 1. The van der Waals surface area contributed by atoms with Gasteiger partial charge >= 0.3 is 16.9 Å². The first kappa shape index (κ1) is 11.7. The van der Waals surface area contributed by atoms with E-state index in [9.17, 15) is 19.7 Å². The first-order valence-corrected chi connectivity index (χ1v) is 4.80. The van der Waals surface area contributed by atoms with E-state index < -0.39 is 21.9 Å². The van der Waals surface area contributed by atoms with Crippen molar-refractivity contribution >= 4 is 5.69 Å². The highest BCUT2D eigenvalue weighted by molar-refractivity contribution is 5.21. The summed E-state index contributed by atoms with van der Waals surface area (Å²) in [6.07, 6.45) is 2.44. The maximum Gasteiger partial charge on any atom is 0.350 e. The van der Waals surface area contributed by atoms with E-state index in [1.807, 2.05) is 4.98 Å². The van der Waals surface area contributed by atoms with E-state index in [-0.39, 0.29) is 6.54 Å². The molecule has 2 aromatic heterocycles. The van der Waals surface area contributed by atoms with E-state index >= 15 is 0 Å². The highest BCUT2D eigenvalue weighted by Crippen LogP contribution is 2.01. The van der Waals surface area contributed by atoms with Crippen molar-refractivity contribution < 1.29 is 4.92 Å². The van der Waals surface area contributed by atoms with Crippen LogP contribution in [0.25, 0.3) is 0 Å². The molecular weight excluding hydrogens is 244 g/mol. The van der Waals surface area contributed by atoms with Gasteiger partial charge in [-0.1, -0.05) is 5.21 Å². The van der Waals surface area contributed by atoms with Crippen molar-refractivity contribution in [2.24, 2.45) is 7.05 Å². The highest BCUT2D eigenvalue weighted by atomic mass is 16.6. The van der Waals surface area contributed by atoms with E-state index in [0.717, 1.165) is 10.8 Å². The second kappa shape index (κ2) is 4.24. The molecule has 94 valence electrons. The Labute approximate surface area is 98.6 Å². The summed E-state index contributed by atoms with van der Waals surface area (Å²) in [5, 5.41) is 18.0. The van der Waals surface area contributed by atoms with Gasteiger partial charge in [0, 0.05) is 13.2 Å². The summed E-state index contributed by atoms with van der Waals surface area (Å²) in [6, 6.07) is 0. The maximum absolute atomic E-state index is 11.5. The fourth-order valence-electron chi connectivity index (χ4n) is 1.39. The number of rotatable bonds is 3. The lowest BCUT2D eigenvalue weighted by Crippen LogP contribution is -2.31. The van der Waals surface area contributed by atoms with Gasteiger partial charge in [0.25, 0.3) is 0 Å². The zero-order valence-electron chi connectivity index (χ0n) is 9.23. The van der Waals surface area contributed by atoms with Gasteiger partial charge in [0.05, 0.1) is 17.7 Å². The molecule has 0 saturated carbocycles. The molecule has 2 rings (SSSR count). The number of aromatic amines is 1. The summed E-state index contributed by atoms with van der Waals surface area (Å²) in [7, 11) is 1.65. The molecule has 2 aromatic rings. The third-order valence-corrected chi connectivity index (χ3v) is 2.17. The Kier molecular flexibility index (Phi) is 2.75. The lowest BCUT2D eigenvalue weighted by atomic mass is 10.4. The van der Waals surface area contributed by atoms with Gasteiger partial charge in [0.15, 0.2) is 0 Å². The molecular formula is C8H8N6O4. The Morgan fingerprint density at radius 2 is 2.17 bits per heavy atom. The largest absolute Gasteiger partial charge is 0.350 e. The Hall–Kier alpha value is -2.78. The lowest BCUT2D eigenvalue weighted by Gasteiger charge is -2.00. The van der Waals surface area contributed by atoms with Crippen LogP contribution in [0.1, 0.15) is 5.69 Å². The second-order valence-electron chi connectivity index (χ2n) is 3.54. The van der Waals surface area contributed by atoms with E-state index in [4.69, 9.17) is 0 Å². The van der Waals surface area contributed by atoms with Crippen molar-refractivity contribution in [3.05, 3.63) is 49.0 Å². The molecule has 0 aliphatic heterocycles. The van der Waals surface area contributed by atoms with Crippen molar-refractivity contribution in [3.8, 4) is 0 Å². The van der Waals surface area contributed by atoms with Crippen molar-refractivity contribution in [3.63, 3.8) is 0 Å². The minimum absolute atomic E-state index is 0.00963. The van der Waals surface area contributed by atoms with Crippen molar-refractivity contribution in [1.82, 2.24) is 24.5 Å². The monoisotopic (exact) mass is 252 g/mol. The number of aromatic nitrogens is 5. The first-order chi connectivity index (χ1) is 8.47. The van der Waals surface area contributed by atoms with Crippen LogP contribution < -0.4 is 11.2 Å². The zero-order chi connectivity index (χ0) is 13.3. The van der Waals surface area contributed by atoms with Gasteiger partial charge in [0.1, 0.15) is 5.69 Å². The Balaban J connectivity index is 2.45. The number of nitrogens with one attached hydrogen (secondary N) is 1. The van der Waals surface area contributed by atoms with Gasteiger partial charge in [-0.15, -0.1) is 5.10 Å². The van der Waals surface area contributed by atoms with E-state index in [1.165, 1.54) is 4.68 Å². The molecule has 0 aromatic carbocycles. The van der Waals surface area contributed by atoms with E-state index in [1.54, 1.807) is 13.2 Å². The van der Waals surface area contributed by atoms with Crippen LogP contribution in [0, 0.1) is 10.1 Å². The van der Waals surface area contributed by atoms with Crippen LogP contribution >= 0.6 is 0 Å². The first-order valence-electron chi connectivity index (χ1n) is 4.80. The number of hydrogen-bond acceptors (Lipinski definition) is 6. The summed E-state index contributed by atoms with van der Waals surface area (Å²) < 4.78 is 2.42. The maximum atomic E-state index is 11.5. The molecule has 0 fully saturated rings. The van der Waals surface area contributed by atoms with Crippen LogP contribution in [0.4, 0.5) is 5.69 Å². The summed E-state index contributed by atoms with van der Waals surface area (Å²) in [5.41, 5.74) is -2.02. The van der Waals surface area contributed by atoms with E-state index in [0.29, 0.717) is 5.69 Å². The van der Waals surface area contributed by atoms with Crippen LogP contribution in [-0.2, 0) is 13.6 Å². The van der Waals surface area contributed by atoms with Gasteiger partial charge in [-0.2, -0.15) is 0 Å².